The van der Waals surface area contributed by atoms with Crippen LogP contribution in [-0.4, -0.2) is 15.2 Å². The van der Waals surface area contributed by atoms with Crippen LogP contribution in [0.5, 0.6) is 0 Å². The van der Waals surface area contributed by atoms with Crippen LogP contribution in [-0.2, 0) is 0 Å². The number of halogens is 1. The summed E-state index contributed by atoms with van der Waals surface area (Å²) in [6.07, 6.45) is 1.54. The Balaban J connectivity index is 3.05. The SMILES string of the molecule is Ic1nc[nH]n1. The van der Waals surface area contributed by atoms with E-state index in [9.17, 15) is 0 Å². The lowest BCUT2D eigenvalue weighted by atomic mass is 11.3. The van der Waals surface area contributed by atoms with Gasteiger partial charge in [0.25, 0.3) is 0 Å². The average Bonchev–Trinajstić information content (AvgIpc) is 1.86. The van der Waals surface area contributed by atoms with Crippen molar-refractivity contribution in [2.24, 2.45) is 0 Å². The summed E-state index contributed by atoms with van der Waals surface area (Å²) in [5, 5.41) is 6.23. The molecule has 0 radical (unpaired) electrons. The van der Waals surface area contributed by atoms with Gasteiger partial charge in [0.15, 0.2) is 0 Å². The van der Waals surface area contributed by atoms with Gasteiger partial charge in [-0.25, -0.2) is 4.98 Å². The lowest BCUT2D eigenvalue weighted by molar-refractivity contribution is 1.07. The second kappa shape index (κ2) is 1.55. The summed E-state index contributed by atoms with van der Waals surface area (Å²) >= 11 is 2.02. The van der Waals surface area contributed by atoms with Crippen LogP contribution >= 0.6 is 22.6 Å². The summed E-state index contributed by atoms with van der Waals surface area (Å²) in [4.78, 5) is 3.74. The lowest BCUT2D eigenvalue weighted by Crippen LogP contribution is -1.67. The Morgan fingerprint density at radius 3 is 2.83 bits per heavy atom. The molecular weight excluding hydrogens is 193 g/mol. The lowest BCUT2D eigenvalue weighted by Gasteiger charge is -1.60. The van der Waals surface area contributed by atoms with Crippen LogP contribution in [0.3, 0.4) is 0 Å². The molecule has 0 aromatic carbocycles. The highest BCUT2D eigenvalue weighted by Gasteiger charge is 1.79. The Kier molecular flexibility index (Phi) is 1.04. The van der Waals surface area contributed by atoms with Crippen LogP contribution in [0.4, 0.5) is 0 Å². The average molecular weight is 195 g/mol. The van der Waals surface area contributed by atoms with Gasteiger partial charge in [-0.2, -0.15) is 0 Å². The van der Waals surface area contributed by atoms with E-state index in [-0.39, 0.29) is 0 Å². The molecule has 0 spiro atoms. The molecule has 0 unspecified atom stereocenters. The van der Waals surface area contributed by atoms with Gasteiger partial charge in [0.05, 0.1) is 0 Å². The van der Waals surface area contributed by atoms with Gasteiger partial charge in [-0.15, -0.1) is 5.10 Å². The van der Waals surface area contributed by atoms with Crippen LogP contribution in [0.15, 0.2) is 6.33 Å². The molecule has 0 aliphatic carbocycles. The van der Waals surface area contributed by atoms with Crippen molar-refractivity contribution in [1.82, 2.24) is 15.2 Å². The number of rotatable bonds is 0. The Labute approximate surface area is 48.3 Å². The molecule has 0 bridgehead atoms. The highest BCUT2D eigenvalue weighted by atomic mass is 127. The van der Waals surface area contributed by atoms with Gasteiger partial charge in [0, 0.05) is 22.6 Å². The van der Waals surface area contributed by atoms with Gasteiger partial charge >= 0.3 is 0 Å². The quantitative estimate of drug-likeness (QED) is 0.609. The molecule has 1 rings (SSSR count). The number of nitrogens with one attached hydrogen (secondary N) is 1. The molecule has 32 valence electrons. The molecule has 0 fully saturated rings. The molecule has 4 heteroatoms. The van der Waals surface area contributed by atoms with Crippen molar-refractivity contribution in [3.63, 3.8) is 0 Å². The van der Waals surface area contributed by atoms with Crippen molar-refractivity contribution in [3.8, 4) is 0 Å². The van der Waals surface area contributed by atoms with Crippen molar-refractivity contribution >= 4 is 22.6 Å². The highest BCUT2D eigenvalue weighted by Crippen LogP contribution is 1.87. The second-order valence-electron chi connectivity index (χ2n) is 0.768. The maximum atomic E-state index is 3.74. The smallest absolute Gasteiger partial charge is 0.211 e. The maximum absolute atomic E-state index is 3.74. The first-order valence-electron chi connectivity index (χ1n) is 1.41. The summed E-state index contributed by atoms with van der Waals surface area (Å²) in [6.45, 7) is 0. The third kappa shape index (κ3) is 0.675. The van der Waals surface area contributed by atoms with E-state index in [2.05, 4.69) is 15.2 Å². The molecular formula is C2H2IN3. The molecule has 0 aliphatic rings. The minimum absolute atomic E-state index is 0.757. The third-order valence-electron chi connectivity index (χ3n) is 0.386. The fourth-order valence-corrected chi connectivity index (χ4v) is 0.472. The first-order chi connectivity index (χ1) is 2.89. The van der Waals surface area contributed by atoms with E-state index < -0.39 is 0 Å². The molecule has 3 nitrogen and oxygen atoms in total. The van der Waals surface area contributed by atoms with Gasteiger partial charge in [-0.05, 0) is 0 Å². The number of aromatic amines is 1. The topological polar surface area (TPSA) is 41.6 Å². The first-order valence-corrected chi connectivity index (χ1v) is 2.49. The zero-order chi connectivity index (χ0) is 4.41. The van der Waals surface area contributed by atoms with E-state index in [0.29, 0.717) is 0 Å². The van der Waals surface area contributed by atoms with Gasteiger partial charge in [0.2, 0.25) is 3.83 Å². The maximum Gasteiger partial charge on any atom is 0.211 e. The molecule has 1 aromatic heterocycles. The molecule has 0 amide bonds. The summed E-state index contributed by atoms with van der Waals surface area (Å²) in [7, 11) is 0. The van der Waals surface area contributed by atoms with Crippen molar-refractivity contribution < 1.29 is 0 Å². The van der Waals surface area contributed by atoms with E-state index >= 15 is 0 Å². The van der Waals surface area contributed by atoms with Crippen molar-refractivity contribution in [3.05, 3.63) is 10.2 Å². The molecule has 0 atom stereocenters. The molecule has 1 heterocycles. The van der Waals surface area contributed by atoms with Crippen LogP contribution in [0, 0.1) is 3.83 Å². The predicted molar refractivity (Wildman–Crippen MR) is 29.1 cm³/mol. The highest BCUT2D eigenvalue weighted by molar-refractivity contribution is 14.1. The second-order valence-corrected chi connectivity index (χ2v) is 1.73. The summed E-state index contributed by atoms with van der Waals surface area (Å²) in [5.74, 6) is 0. The monoisotopic (exact) mass is 195 g/mol. The number of nitrogens with zero attached hydrogens (tertiary/aromatic N) is 2. The first kappa shape index (κ1) is 4.04. The van der Waals surface area contributed by atoms with Crippen LogP contribution in [0.1, 0.15) is 0 Å². The van der Waals surface area contributed by atoms with Crippen molar-refractivity contribution in [2.45, 2.75) is 0 Å². The number of H-pyrrole nitrogens is 1. The van der Waals surface area contributed by atoms with E-state index in [4.69, 9.17) is 0 Å². The summed E-state index contributed by atoms with van der Waals surface area (Å²) in [5.41, 5.74) is 0. The molecule has 1 aromatic rings. The molecule has 1 N–H and O–H groups in total. The minimum atomic E-state index is 0.757. The fourth-order valence-electron chi connectivity index (χ4n) is 0.193. The number of hydrogen-bond acceptors (Lipinski definition) is 2. The Morgan fingerprint density at radius 1 is 1.83 bits per heavy atom. The fraction of sp³-hybridized carbons (Fsp3) is 0. The van der Waals surface area contributed by atoms with Gasteiger partial charge in [0.1, 0.15) is 6.33 Å². The van der Waals surface area contributed by atoms with Gasteiger partial charge < -0.3 is 0 Å². The molecule has 0 saturated carbocycles. The zero-order valence-electron chi connectivity index (χ0n) is 2.85. The Morgan fingerprint density at radius 2 is 2.67 bits per heavy atom. The van der Waals surface area contributed by atoms with E-state index in [0.717, 1.165) is 3.83 Å². The van der Waals surface area contributed by atoms with Gasteiger partial charge in [-0.1, -0.05) is 0 Å². The standard InChI is InChI=1S/C2H2IN3/c3-2-4-1-5-6-2/h1H,(H,4,5,6). The van der Waals surface area contributed by atoms with Gasteiger partial charge in [-0.3, -0.25) is 5.10 Å². The van der Waals surface area contributed by atoms with Crippen LogP contribution in [0.2, 0.25) is 0 Å². The van der Waals surface area contributed by atoms with E-state index in [1.807, 2.05) is 22.6 Å². The Bertz CT molecular complexity index is 112. The van der Waals surface area contributed by atoms with E-state index in [1.54, 1.807) is 6.33 Å². The molecule has 0 saturated heterocycles. The largest absolute Gasteiger partial charge is 0.265 e. The predicted octanol–water partition coefficient (Wildman–Crippen LogP) is 0.409. The minimum Gasteiger partial charge on any atom is -0.265 e. The molecule has 0 aliphatic heterocycles. The van der Waals surface area contributed by atoms with E-state index in [1.165, 1.54) is 0 Å². The van der Waals surface area contributed by atoms with Crippen LogP contribution in [0.25, 0.3) is 0 Å². The normalized spacial score (nSPS) is 8.83. The molecule has 6 heavy (non-hydrogen) atoms. The number of aromatic nitrogens is 3. The summed E-state index contributed by atoms with van der Waals surface area (Å²) < 4.78 is 0.757. The van der Waals surface area contributed by atoms with Crippen molar-refractivity contribution in [2.75, 3.05) is 0 Å². The summed E-state index contributed by atoms with van der Waals surface area (Å²) in [6, 6.07) is 0. The third-order valence-corrected chi connectivity index (χ3v) is 0.905. The van der Waals surface area contributed by atoms with Crippen molar-refractivity contribution in [1.29, 1.82) is 0 Å². The zero-order valence-corrected chi connectivity index (χ0v) is 5.01. The number of hydrogen-bond donors (Lipinski definition) is 1. The van der Waals surface area contributed by atoms with Crippen LogP contribution < -0.4 is 0 Å². The Hall–Kier alpha value is -0.130.